The Morgan fingerprint density at radius 3 is 2.93 bits per heavy atom. The van der Waals surface area contributed by atoms with Gasteiger partial charge in [0.25, 0.3) is 0 Å². The number of likely N-dealkylation sites (N-methyl/N-ethyl adjacent to an activating group) is 1. The molecule has 0 saturated carbocycles. The topological polar surface area (TPSA) is 36.4 Å². The molecule has 1 rings (SSSR count). The van der Waals surface area contributed by atoms with E-state index in [1.807, 2.05) is 19.4 Å². The SMILES string of the molecule is CC(CO)N(C)CCc1nc(CCl)cs1. The highest BCUT2D eigenvalue weighted by atomic mass is 35.5. The molecule has 5 heteroatoms. The summed E-state index contributed by atoms with van der Waals surface area (Å²) in [7, 11) is 2.01. The summed E-state index contributed by atoms with van der Waals surface area (Å²) in [5.74, 6) is 0.485. The molecule has 0 aromatic carbocycles. The number of alkyl halides is 1. The fourth-order valence-corrected chi connectivity index (χ4v) is 2.17. The Morgan fingerprint density at radius 1 is 1.67 bits per heavy atom. The fourth-order valence-electron chi connectivity index (χ4n) is 1.16. The molecular weight excluding hydrogens is 232 g/mol. The average molecular weight is 249 g/mol. The van der Waals surface area contributed by atoms with Crippen LogP contribution < -0.4 is 0 Å². The third-order valence-electron chi connectivity index (χ3n) is 2.43. The number of aliphatic hydroxyl groups excluding tert-OH is 1. The highest BCUT2D eigenvalue weighted by molar-refractivity contribution is 7.09. The summed E-state index contributed by atoms with van der Waals surface area (Å²) in [4.78, 5) is 6.51. The second kappa shape index (κ2) is 6.43. The van der Waals surface area contributed by atoms with Crippen molar-refractivity contribution in [2.45, 2.75) is 25.3 Å². The number of rotatable bonds is 6. The molecule has 1 aromatic heterocycles. The predicted molar refractivity (Wildman–Crippen MR) is 64.6 cm³/mol. The van der Waals surface area contributed by atoms with Gasteiger partial charge in [-0.05, 0) is 14.0 Å². The predicted octanol–water partition coefficient (Wildman–Crippen LogP) is 1.74. The van der Waals surface area contributed by atoms with Crippen LogP contribution in [0.4, 0.5) is 0 Å². The molecule has 0 amide bonds. The molecule has 3 nitrogen and oxygen atoms in total. The molecule has 0 spiro atoms. The van der Waals surface area contributed by atoms with Crippen molar-refractivity contribution in [1.82, 2.24) is 9.88 Å². The lowest BCUT2D eigenvalue weighted by Crippen LogP contribution is -2.33. The second-order valence-corrected chi connectivity index (χ2v) is 4.84. The summed E-state index contributed by atoms with van der Waals surface area (Å²) in [6, 6.07) is 0.206. The van der Waals surface area contributed by atoms with Gasteiger partial charge in [0.2, 0.25) is 0 Å². The molecule has 0 saturated heterocycles. The molecule has 1 atom stereocenters. The van der Waals surface area contributed by atoms with E-state index in [9.17, 15) is 0 Å². The van der Waals surface area contributed by atoms with Gasteiger partial charge in [0.05, 0.1) is 23.2 Å². The summed E-state index contributed by atoms with van der Waals surface area (Å²) >= 11 is 7.33. The molecular formula is C10H17ClN2OS. The van der Waals surface area contributed by atoms with Crippen LogP contribution in [0.5, 0.6) is 0 Å². The van der Waals surface area contributed by atoms with E-state index in [1.165, 1.54) is 0 Å². The molecule has 1 N–H and O–H groups in total. The Morgan fingerprint density at radius 2 is 2.40 bits per heavy atom. The van der Waals surface area contributed by atoms with Gasteiger partial charge in [-0.3, -0.25) is 0 Å². The van der Waals surface area contributed by atoms with Crippen LogP contribution in [0.1, 0.15) is 17.6 Å². The standard InChI is InChI=1S/C10H17ClN2OS/c1-8(6-14)13(2)4-3-10-12-9(5-11)7-15-10/h7-8,14H,3-6H2,1-2H3. The molecule has 1 aromatic rings. The lowest BCUT2D eigenvalue weighted by Gasteiger charge is -2.21. The van der Waals surface area contributed by atoms with Crippen molar-refractivity contribution < 1.29 is 5.11 Å². The van der Waals surface area contributed by atoms with Crippen molar-refractivity contribution in [2.24, 2.45) is 0 Å². The minimum Gasteiger partial charge on any atom is -0.395 e. The lowest BCUT2D eigenvalue weighted by molar-refractivity contribution is 0.160. The van der Waals surface area contributed by atoms with Crippen molar-refractivity contribution in [2.75, 3.05) is 20.2 Å². The minimum atomic E-state index is 0.196. The van der Waals surface area contributed by atoms with Crippen LogP contribution in [0.15, 0.2) is 5.38 Å². The molecule has 0 aliphatic carbocycles. The minimum absolute atomic E-state index is 0.196. The van der Waals surface area contributed by atoms with Crippen LogP contribution >= 0.6 is 22.9 Å². The zero-order chi connectivity index (χ0) is 11.3. The van der Waals surface area contributed by atoms with Crippen molar-refractivity contribution >= 4 is 22.9 Å². The van der Waals surface area contributed by atoms with Gasteiger partial charge >= 0.3 is 0 Å². The maximum absolute atomic E-state index is 8.97. The van der Waals surface area contributed by atoms with Crippen molar-refractivity contribution in [3.05, 3.63) is 16.1 Å². The first-order valence-electron chi connectivity index (χ1n) is 4.97. The zero-order valence-electron chi connectivity index (χ0n) is 9.11. The third kappa shape index (κ3) is 4.07. The normalized spacial score (nSPS) is 13.4. The van der Waals surface area contributed by atoms with Gasteiger partial charge in [0.15, 0.2) is 0 Å². The number of aliphatic hydroxyl groups is 1. The summed E-state index contributed by atoms with van der Waals surface area (Å²) in [5.41, 5.74) is 0.953. The Bertz CT molecular complexity index is 293. The van der Waals surface area contributed by atoms with Crippen LogP contribution in [0, 0.1) is 0 Å². The van der Waals surface area contributed by atoms with Crippen molar-refractivity contribution in [3.8, 4) is 0 Å². The van der Waals surface area contributed by atoms with Gasteiger partial charge in [-0.2, -0.15) is 0 Å². The summed E-state index contributed by atoms with van der Waals surface area (Å²) in [6.07, 6.45) is 0.919. The van der Waals surface area contributed by atoms with Crippen molar-refractivity contribution in [3.63, 3.8) is 0 Å². The molecule has 0 bridgehead atoms. The van der Waals surface area contributed by atoms with E-state index in [2.05, 4.69) is 9.88 Å². The van der Waals surface area contributed by atoms with E-state index < -0.39 is 0 Å². The second-order valence-electron chi connectivity index (χ2n) is 3.63. The summed E-state index contributed by atoms with van der Waals surface area (Å²) in [6.45, 7) is 3.12. The van der Waals surface area contributed by atoms with E-state index in [4.69, 9.17) is 16.7 Å². The van der Waals surface area contributed by atoms with Gasteiger partial charge < -0.3 is 10.0 Å². The van der Waals surface area contributed by atoms with E-state index >= 15 is 0 Å². The smallest absolute Gasteiger partial charge is 0.0941 e. The first-order valence-corrected chi connectivity index (χ1v) is 6.39. The van der Waals surface area contributed by atoms with Gasteiger partial charge in [-0.1, -0.05) is 0 Å². The Kier molecular flexibility index (Phi) is 5.53. The largest absolute Gasteiger partial charge is 0.395 e. The van der Waals surface area contributed by atoms with Gasteiger partial charge in [-0.25, -0.2) is 4.98 Å². The Balaban J connectivity index is 2.36. The Hall–Kier alpha value is -0.160. The summed E-state index contributed by atoms with van der Waals surface area (Å²) in [5, 5.41) is 12.1. The number of nitrogens with zero attached hydrogens (tertiary/aromatic N) is 2. The molecule has 0 fully saturated rings. The van der Waals surface area contributed by atoms with Crippen LogP contribution in [-0.4, -0.2) is 41.2 Å². The number of hydrogen-bond acceptors (Lipinski definition) is 4. The number of aromatic nitrogens is 1. The molecule has 0 radical (unpaired) electrons. The maximum Gasteiger partial charge on any atom is 0.0941 e. The van der Waals surface area contributed by atoms with Gasteiger partial charge in [-0.15, -0.1) is 22.9 Å². The fraction of sp³-hybridized carbons (Fsp3) is 0.700. The highest BCUT2D eigenvalue weighted by Crippen LogP contribution is 2.12. The quantitative estimate of drug-likeness (QED) is 0.780. The van der Waals surface area contributed by atoms with Crippen molar-refractivity contribution in [1.29, 1.82) is 0 Å². The molecule has 0 aliphatic heterocycles. The highest BCUT2D eigenvalue weighted by Gasteiger charge is 2.08. The average Bonchev–Trinajstić information content (AvgIpc) is 2.72. The van der Waals surface area contributed by atoms with E-state index in [0.29, 0.717) is 5.88 Å². The molecule has 0 aliphatic rings. The molecule has 15 heavy (non-hydrogen) atoms. The van der Waals surface area contributed by atoms with E-state index in [-0.39, 0.29) is 12.6 Å². The van der Waals surface area contributed by atoms with Gasteiger partial charge in [0.1, 0.15) is 0 Å². The van der Waals surface area contributed by atoms with Crippen LogP contribution in [-0.2, 0) is 12.3 Å². The zero-order valence-corrected chi connectivity index (χ0v) is 10.7. The number of halogens is 1. The molecule has 1 unspecified atom stereocenters. The molecule has 1 heterocycles. The van der Waals surface area contributed by atoms with E-state index in [1.54, 1.807) is 11.3 Å². The first kappa shape index (κ1) is 12.9. The molecule has 86 valence electrons. The number of hydrogen-bond donors (Lipinski definition) is 1. The summed E-state index contributed by atoms with van der Waals surface area (Å²) < 4.78 is 0. The third-order valence-corrected chi connectivity index (χ3v) is 3.66. The monoisotopic (exact) mass is 248 g/mol. The maximum atomic E-state index is 8.97. The van der Waals surface area contributed by atoms with Crippen LogP contribution in [0.25, 0.3) is 0 Å². The first-order chi connectivity index (χ1) is 7.17. The van der Waals surface area contributed by atoms with Crippen LogP contribution in [0.2, 0.25) is 0 Å². The number of thiazole rings is 1. The van der Waals surface area contributed by atoms with Gasteiger partial charge in [0, 0.05) is 24.4 Å². The lowest BCUT2D eigenvalue weighted by atomic mass is 10.3. The van der Waals surface area contributed by atoms with Crippen LogP contribution in [0.3, 0.4) is 0 Å². The Labute approximate surface area is 99.7 Å². The van der Waals surface area contributed by atoms with E-state index in [0.717, 1.165) is 23.7 Å².